The molecular formula is C15H20F3NO. The number of aliphatic hydroxyl groups excluding tert-OH is 1. The van der Waals surface area contributed by atoms with E-state index >= 15 is 0 Å². The van der Waals surface area contributed by atoms with Crippen LogP contribution in [0.3, 0.4) is 0 Å². The largest absolute Gasteiger partial charge is 0.416 e. The summed E-state index contributed by atoms with van der Waals surface area (Å²) in [5.74, 6) is 0.553. The SMILES string of the molecule is CCC1CCC(C(O)c2cnccc2C(F)(F)F)CC1. The Morgan fingerprint density at radius 3 is 2.50 bits per heavy atom. The maximum atomic E-state index is 13.0. The van der Waals surface area contributed by atoms with Crippen LogP contribution in [0.15, 0.2) is 18.5 Å². The first-order valence-electron chi connectivity index (χ1n) is 7.12. The van der Waals surface area contributed by atoms with Crippen LogP contribution in [0.25, 0.3) is 0 Å². The molecule has 5 heteroatoms. The summed E-state index contributed by atoms with van der Waals surface area (Å²) in [5.41, 5.74) is -0.849. The summed E-state index contributed by atoms with van der Waals surface area (Å²) >= 11 is 0. The van der Waals surface area contributed by atoms with Crippen LogP contribution in [0.4, 0.5) is 13.2 Å². The molecule has 0 aliphatic heterocycles. The molecule has 1 aromatic heterocycles. The average Bonchev–Trinajstić information content (AvgIpc) is 2.46. The van der Waals surface area contributed by atoms with Crippen LogP contribution in [-0.2, 0) is 6.18 Å². The summed E-state index contributed by atoms with van der Waals surface area (Å²) in [5, 5.41) is 10.3. The molecule has 1 fully saturated rings. The second-order valence-electron chi connectivity index (χ2n) is 5.59. The van der Waals surface area contributed by atoms with Crippen LogP contribution in [-0.4, -0.2) is 10.1 Å². The van der Waals surface area contributed by atoms with E-state index in [1.54, 1.807) is 0 Å². The molecule has 1 heterocycles. The van der Waals surface area contributed by atoms with E-state index in [4.69, 9.17) is 0 Å². The molecule has 0 radical (unpaired) electrons. The van der Waals surface area contributed by atoms with Gasteiger partial charge in [-0.15, -0.1) is 0 Å². The lowest BCUT2D eigenvalue weighted by Gasteiger charge is -2.32. The summed E-state index contributed by atoms with van der Waals surface area (Å²) < 4.78 is 38.9. The van der Waals surface area contributed by atoms with Crippen molar-refractivity contribution in [3.63, 3.8) is 0 Å². The minimum absolute atomic E-state index is 0.0834. The van der Waals surface area contributed by atoms with E-state index in [1.807, 2.05) is 0 Å². The summed E-state index contributed by atoms with van der Waals surface area (Å²) in [6.07, 6.45) is 1.39. The molecule has 1 N–H and O–H groups in total. The zero-order chi connectivity index (χ0) is 14.8. The Hall–Kier alpha value is -1.10. The van der Waals surface area contributed by atoms with Gasteiger partial charge in [-0.3, -0.25) is 4.98 Å². The zero-order valence-electron chi connectivity index (χ0n) is 11.5. The lowest BCUT2D eigenvalue weighted by Crippen LogP contribution is -2.22. The topological polar surface area (TPSA) is 33.1 Å². The highest BCUT2D eigenvalue weighted by molar-refractivity contribution is 5.28. The van der Waals surface area contributed by atoms with Crippen molar-refractivity contribution in [2.45, 2.75) is 51.3 Å². The van der Waals surface area contributed by atoms with Gasteiger partial charge in [0.15, 0.2) is 0 Å². The monoisotopic (exact) mass is 287 g/mol. The summed E-state index contributed by atoms with van der Waals surface area (Å²) in [6, 6.07) is 0.941. The molecule has 20 heavy (non-hydrogen) atoms. The second kappa shape index (κ2) is 6.12. The number of nitrogens with zero attached hydrogens (tertiary/aromatic N) is 1. The van der Waals surface area contributed by atoms with E-state index in [9.17, 15) is 18.3 Å². The third-order valence-electron chi connectivity index (χ3n) is 4.39. The van der Waals surface area contributed by atoms with Crippen molar-refractivity contribution < 1.29 is 18.3 Å². The molecule has 0 spiro atoms. The Labute approximate surface area is 117 Å². The van der Waals surface area contributed by atoms with E-state index in [1.165, 1.54) is 0 Å². The van der Waals surface area contributed by atoms with E-state index < -0.39 is 17.8 Å². The van der Waals surface area contributed by atoms with Gasteiger partial charge in [-0.25, -0.2) is 0 Å². The van der Waals surface area contributed by atoms with Crippen molar-refractivity contribution in [2.75, 3.05) is 0 Å². The molecule has 1 atom stereocenters. The molecular weight excluding hydrogens is 267 g/mol. The van der Waals surface area contributed by atoms with Crippen LogP contribution in [0.2, 0.25) is 0 Å². The predicted molar refractivity (Wildman–Crippen MR) is 69.9 cm³/mol. The molecule has 2 rings (SSSR count). The predicted octanol–water partition coefficient (Wildman–Crippen LogP) is 4.35. The van der Waals surface area contributed by atoms with Gasteiger partial charge in [-0.1, -0.05) is 26.2 Å². The molecule has 0 amide bonds. The fourth-order valence-corrected chi connectivity index (χ4v) is 3.07. The second-order valence-corrected chi connectivity index (χ2v) is 5.59. The van der Waals surface area contributed by atoms with Crippen molar-refractivity contribution in [3.05, 3.63) is 29.6 Å². The van der Waals surface area contributed by atoms with Crippen molar-refractivity contribution in [3.8, 4) is 0 Å². The Bertz CT molecular complexity index is 439. The normalized spacial score (nSPS) is 25.4. The van der Waals surface area contributed by atoms with Crippen LogP contribution in [0.1, 0.15) is 56.3 Å². The van der Waals surface area contributed by atoms with E-state index in [0.717, 1.165) is 50.6 Å². The lowest BCUT2D eigenvalue weighted by molar-refractivity contribution is -0.139. The maximum absolute atomic E-state index is 13.0. The van der Waals surface area contributed by atoms with E-state index in [2.05, 4.69) is 11.9 Å². The third kappa shape index (κ3) is 3.32. The number of pyridine rings is 1. The van der Waals surface area contributed by atoms with Gasteiger partial charge in [0.05, 0.1) is 11.7 Å². The van der Waals surface area contributed by atoms with Gasteiger partial charge in [-0.2, -0.15) is 13.2 Å². The molecule has 1 aromatic rings. The number of alkyl halides is 3. The van der Waals surface area contributed by atoms with Crippen LogP contribution >= 0.6 is 0 Å². The van der Waals surface area contributed by atoms with Gasteiger partial charge in [-0.05, 0) is 30.7 Å². The highest BCUT2D eigenvalue weighted by atomic mass is 19.4. The summed E-state index contributed by atoms with van der Waals surface area (Å²) in [4.78, 5) is 3.75. The third-order valence-corrected chi connectivity index (χ3v) is 4.39. The first kappa shape index (κ1) is 15.3. The first-order chi connectivity index (χ1) is 9.43. The summed E-state index contributed by atoms with van der Waals surface area (Å²) in [6.45, 7) is 2.13. The molecule has 0 bridgehead atoms. The smallest absolute Gasteiger partial charge is 0.388 e. The molecule has 112 valence electrons. The Morgan fingerprint density at radius 2 is 1.95 bits per heavy atom. The fourth-order valence-electron chi connectivity index (χ4n) is 3.07. The highest BCUT2D eigenvalue weighted by Gasteiger charge is 2.37. The van der Waals surface area contributed by atoms with Crippen molar-refractivity contribution >= 4 is 0 Å². The van der Waals surface area contributed by atoms with Gasteiger partial charge < -0.3 is 5.11 Å². The van der Waals surface area contributed by atoms with E-state index in [0.29, 0.717) is 5.92 Å². The van der Waals surface area contributed by atoms with Crippen LogP contribution < -0.4 is 0 Å². The number of hydrogen-bond donors (Lipinski definition) is 1. The van der Waals surface area contributed by atoms with Crippen molar-refractivity contribution in [1.82, 2.24) is 4.98 Å². The van der Waals surface area contributed by atoms with Gasteiger partial charge in [0.1, 0.15) is 0 Å². The summed E-state index contributed by atoms with van der Waals surface area (Å²) in [7, 11) is 0. The molecule has 0 aromatic carbocycles. The number of aromatic nitrogens is 1. The van der Waals surface area contributed by atoms with Crippen molar-refractivity contribution in [2.24, 2.45) is 11.8 Å². The number of halogens is 3. The Balaban J connectivity index is 2.16. The number of rotatable bonds is 3. The van der Waals surface area contributed by atoms with Gasteiger partial charge in [0.25, 0.3) is 0 Å². The van der Waals surface area contributed by atoms with Crippen molar-refractivity contribution in [1.29, 1.82) is 0 Å². The van der Waals surface area contributed by atoms with Crippen LogP contribution in [0.5, 0.6) is 0 Å². The first-order valence-corrected chi connectivity index (χ1v) is 7.12. The average molecular weight is 287 g/mol. The Morgan fingerprint density at radius 1 is 1.30 bits per heavy atom. The molecule has 1 aliphatic carbocycles. The van der Waals surface area contributed by atoms with Gasteiger partial charge >= 0.3 is 6.18 Å². The Kier molecular flexibility index (Phi) is 4.68. The standard InChI is InChI=1S/C15H20F3NO/c1-2-10-3-5-11(6-4-10)14(20)12-9-19-8-7-13(12)15(16,17)18/h7-11,14,20H,2-6H2,1H3. The molecule has 1 aliphatic rings. The minimum Gasteiger partial charge on any atom is -0.388 e. The van der Waals surface area contributed by atoms with Crippen LogP contribution in [0, 0.1) is 11.8 Å². The van der Waals surface area contributed by atoms with Gasteiger partial charge in [0, 0.05) is 18.0 Å². The molecule has 0 saturated heterocycles. The zero-order valence-corrected chi connectivity index (χ0v) is 11.5. The lowest BCUT2D eigenvalue weighted by atomic mass is 9.76. The number of hydrogen-bond acceptors (Lipinski definition) is 2. The fraction of sp³-hybridized carbons (Fsp3) is 0.667. The van der Waals surface area contributed by atoms with E-state index in [-0.39, 0.29) is 11.5 Å². The maximum Gasteiger partial charge on any atom is 0.416 e. The molecule has 2 nitrogen and oxygen atoms in total. The molecule has 1 saturated carbocycles. The number of aliphatic hydroxyl groups is 1. The highest BCUT2D eigenvalue weighted by Crippen LogP contribution is 2.41. The quantitative estimate of drug-likeness (QED) is 0.896. The van der Waals surface area contributed by atoms with Gasteiger partial charge in [0.2, 0.25) is 0 Å². The molecule has 1 unspecified atom stereocenters. The minimum atomic E-state index is -4.44.